The van der Waals surface area contributed by atoms with Crippen LogP contribution in [0, 0.1) is 6.92 Å². The Morgan fingerprint density at radius 3 is 2.42 bits per heavy atom. The molecule has 0 aliphatic heterocycles. The van der Waals surface area contributed by atoms with Gasteiger partial charge in [-0.3, -0.25) is 0 Å². The van der Waals surface area contributed by atoms with Gasteiger partial charge in [0.05, 0.1) is 20.8 Å². The maximum Gasteiger partial charge on any atom is 0.162 e. The zero-order valence-corrected chi connectivity index (χ0v) is 11.9. The average Bonchev–Trinajstić information content (AvgIpc) is 2.82. The molecule has 2 aromatic rings. The Bertz CT molecular complexity index is 561. The van der Waals surface area contributed by atoms with E-state index in [1.54, 1.807) is 14.2 Å². The highest BCUT2D eigenvalue weighted by atomic mass is 16.5. The van der Waals surface area contributed by atoms with Gasteiger partial charge in [-0.15, -0.1) is 0 Å². The Labute approximate surface area is 114 Å². The molecule has 0 spiro atoms. The van der Waals surface area contributed by atoms with Gasteiger partial charge in [0.1, 0.15) is 0 Å². The third-order valence-electron chi connectivity index (χ3n) is 3.24. The predicted octanol–water partition coefficient (Wildman–Crippen LogP) is 2.96. The fourth-order valence-electron chi connectivity index (χ4n) is 2.04. The van der Waals surface area contributed by atoms with Crippen molar-refractivity contribution in [2.75, 3.05) is 19.5 Å². The SMILES string of the molecule is COc1cc(C)c(NCc2cccn2C)cc1OC. The van der Waals surface area contributed by atoms with Crippen molar-refractivity contribution in [3.8, 4) is 11.5 Å². The minimum atomic E-state index is 0.738. The first-order chi connectivity index (χ1) is 9.15. The van der Waals surface area contributed by atoms with E-state index in [0.717, 1.165) is 29.3 Å². The number of anilines is 1. The highest BCUT2D eigenvalue weighted by Crippen LogP contribution is 2.33. The van der Waals surface area contributed by atoms with Gasteiger partial charge in [-0.1, -0.05) is 0 Å². The molecule has 2 rings (SSSR count). The number of nitrogens with one attached hydrogen (secondary N) is 1. The maximum absolute atomic E-state index is 5.32. The molecule has 0 saturated carbocycles. The molecule has 1 aromatic heterocycles. The first kappa shape index (κ1) is 13.3. The summed E-state index contributed by atoms with van der Waals surface area (Å²) in [5.41, 5.74) is 3.42. The Hall–Kier alpha value is -2.10. The van der Waals surface area contributed by atoms with Gasteiger partial charge in [-0.2, -0.15) is 0 Å². The molecule has 0 aliphatic carbocycles. The fraction of sp³-hybridized carbons (Fsp3) is 0.333. The lowest BCUT2D eigenvalue weighted by molar-refractivity contribution is 0.355. The minimum Gasteiger partial charge on any atom is -0.493 e. The number of aryl methyl sites for hydroxylation is 2. The van der Waals surface area contributed by atoms with E-state index in [0.29, 0.717) is 0 Å². The van der Waals surface area contributed by atoms with Crippen molar-refractivity contribution < 1.29 is 9.47 Å². The number of hydrogen-bond acceptors (Lipinski definition) is 3. The molecule has 102 valence electrons. The van der Waals surface area contributed by atoms with Gasteiger partial charge in [0.2, 0.25) is 0 Å². The minimum absolute atomic E-state index is 0.738. The lowest BCUT2D eigenvalue weighted by Gasteiger charge is -2.14. The second kappa shape index (κ2) is 5.69. The number of benzene rings is 1. The first-order valence-corrected chi connectivity index (χ1v) is 6.22. The van der Waals surface area contributed by atoms with Crippen LogP contribution in [0.4, 0.5) is 5.69 Å². The van der Waals surface area contributed by atoms with Gasteiger partial charge in [-0.05, 0) is 30.7 Å². The van der Waals surface area contributed by atoms with Crippen molar-refractivity contribution in [3.05, 3.63) is 41.7 Å². The third kappa shape index (κ3) is 2.84. The van der Waals surface area contributed by atoms with E-state index in [4.69, 9.17) is 9.47 Å². The van der Waals surface area contributed by atoms with Crippen LogP contribution in [0.1, 0.15) is 11.3 Å². The van der Waals surface area contributed by atoms with E-state index in [-0.39, 0.29) is 0 Å². The standard InChI is InChI=1S/C15H20N2O2/c1-11-8-14(18-3)15(19-4)9-13(11)16-10-12-6-5-7-17(12)2/h5-9,16H,10H2,1-4H3. The van der Waals surface area contributed by atoms with Gasteiger partial charge < -0.3 is 19.4 Å². The topological polar surface area (TPSA) is 35.4 Å². The lowest BCUT2D eigenvalue weighted by atomic mass is 10.1. The monoisotopic (exact) mass is 260 g/mol. The van der Waals surface area contributed by atoms with Gasteiger partial charge in [0, 0.05) is 30.7 Å². The molecule has 0 atom stereocenters. The van der Waals surface area contributed by atoms with Crippen LogP contribution in [0.2, 0.25) is 0 Å². The summed E-state index contributed by atoms with van der Waals surface area (Å²) in [6, 6.07) is 8.09. The molecule has 19 heavy (non-hydrogen) atoms. The van der Waals surface area contributed by atoms with Crippen LogP contribution in [-0.2, 0) is 13.6 Å². The van der Waals surface area contributed by atoms with E-state index in [9.17, 15) is 0 Å². The zero-order chi connectivity index (χ0) is 13.8. The van der Waals surface area contributed by atoms with Gasteiger partial charge in [0.15, 0.2) is 11.5 Å². The molecule has 1 aromatic carbocycles. The van der Waals surface area contributed by atoms with Crippen molar-refractivity contribution in [2.24, 2.45) is 7.05 Å². The van der Waals surface area contributed by atoms with Gasteiger partial charge >= 0.3 is 0 Å². The molecule has 0 fully saturated rings. The second-order valence-corrected chi connectivity index (χ2v) is 4.49. The molecule has 4 heteroatoms. The molecule has 0 aliphatic rings. The number of aromatic nitrogens is 1. The van der Waals surface area contributed by atoms with E-state index in [1.807, 2.05) is 31.4 Å². The number of hydrogen-bond donors (Lipinski definition) is 1. The molecule has 0 radical (unpaired) electrons. The summed E-state index contributed by atoms with van der Waals surface area (Å²) >= 11 is 0. The molecule has 1 heterocycles. The molecule has 0 amide bonds. The van der Waals surface area contributed by atoms with Crippen LogP contribution >= 0.6 is 0 Å². The quantitative estimate of drug-likeness (QED) is 0.897. The van der Waals surface area contributed by atoms with Crippen molar-refractivity contribution in [1.29, 1.82) is 0 Å². The van der Waals surface area contributed by atoms with E-state index in [1.165, 1.54) is 5.69 Å². The Morgan fingerprint density at radius 1 is 1.16 bits per heavy atom. The van der Waals surface area contributed by atoms with Crippen LogP contribution in [-0.4, -0.2) is 18.8 Å². The summed E-state index contributed by atoms with van der Waals surface area (Å²) in [5, 5.41) is 3.43. The fourth-order valence-corrected chi connectivity index (χ4v) is 2.04. The summed E-state index contributed by atoms with van der Waals surface area (Å²) in [5.74, 6) is 1.49. The Morgan fingerprint density at radius 2 is 1.84 bits per heavy atom. The summed E-state index contributed by atoms with van der Waals surface area (Å²) in [4.78, 5) is 0. The molecular formula is C15H20N2O2. The van der Waals surface area contributed by atoms with Crippen LogP contribution < -0.4 is 14.8 Å². The van der Waals surface area contributed by atoms with E-state index < -0.39 is 0 Å². The highest BCUT2D eigenvalue weighted by Gasteiger charge is 2.08. The maximum atomic E-state index is 5.32. The summed E-state index contributed by atoms with van der Waals surface area (Å²) in [6.07, 6.45) is 2.04. The van der Waals surface area contributed by atoms with Crippen molar-refractivity contribution in [1.82, 2.24) is 4.57 Å². The molecule has 0 saturated heterocycles. The molecular weight excluding hydrogens is 240 g/mol. The average molecular weight is 260 g/mol. The van der Waals surface area contributed by atoms with Crippen molar-refractivity contribution in [2.45, 2.75) is 13.5 Å². The number of nitrogens with zero attached hydrogens (tertiary/aromatic N) is 1. The predicted molar refractivity (Wildman–Crippen MR) is 77.0 cm³/mol. The van der Waals surface area contributed by atoms with Crippen LogP contribution in [0.3, 0.4) is 0 Å². The molecule has 1 N–H and O–H groups in total. The van der Waals surface area contributed by atoms with Crippen molar-refractivity contribution in [3.63, 3.8) is 0 Å². The van der Waals surface area contributed by atoms with E-state index in [2.05, 4.69) is 22.9 Å². The van der Waals surface area contributed by atoms with Crippen LogP contribution in [0.15, 0.2) is 30.5 Å². The second-order valence-electron chi connectivity index (χ2n) is 4.49. The summed E-state index contributed by atoms with van der Waals surface area (Å²) in [7, 11) is 5.33. The van der Waals surface area contributed by atoms with Crippen molar-refractivity contribution >= 4 is 5.69 Å². The molecule has 0 bridgehead atoms. The zero-order valence-electron chi connectivity index (χ0n) is 11.9. The largest absolute Gasteiger partial charge is 0.493 e. The molecule has 4 nitrogen and oxygen atoms in total. The number of rotatable bonds is 5. The summed E-state index contributed by atoms with van der Waals surface area (Å²) < 4.78 is 12.7. The van der Waals surface area contributed by atoms with Crippen LogP contribution in [0.5, 0.6) is 11.5 Å². The van der Waals surface area contributed by atoms with E-state index >= 15 is 0 Å². The number of ether oxygens (including phenoxy) is 2. The number of methoxy groups -OCH3 is 2. The van der Waals surface area contributed by atoms with Crippen LogP contribution in [0.25, 0.3) is 0 Å². The Kier molecular flexibility index (Phi) is 4.00. The van der Waals surface area contributed by atoms with Gasteiger partial charge in [-0.25, -0.2) is 0 Å². The summed E-state index contributed by atoms with van der Waals surface area (Å²) in [6.45, 7) is 2.83. The highest BCUT2D eigenvalue weighted by molar-refractivity contribution is 5.60. The smallest absolute Gasteiger partial charge is 0.162 e. The van der Waals surface area contributed by atoms with Gasteiger partial charge in [0.25, 0.3) is 0 Å². The lowest BCUT2D eigenvalue weighted by Crippen LogP contribution is -2.05. The Balaban J connectivity index is 2.18. The molecule has 0 unspecified atom stereocenters. The normalized spacial score (nSPS) is 10.3. The first-order valence-electron chi connectivity index (χ1n) is 6.22. The third-order valence-corrected chi connectivity index (χ3v) is 3.24.